The lowest BCUT2D eigenvalue weighted by molar-refractivity contribution is 0.0693. The molecule has 4 rings (SSSR count). The Morgan fingerprint density at radius 2 is 2.04 bits per heavy atom. The Morgan fingerprint density at radius 3 is 2.67 bits per heavy atom. The first-order valence-corrected chi connectivity index (χ1v) is 9.25. The van der Waals surface area contributed by atoms with E-state index in [9.17, 15) is 14.7 Å². The highest BCUT2D eigenvalue weighted by Crippen LogP contribution is 2.46. The Labute approximate surface area is 157 Å². The van der Waals surface area contributed by atoms with E-state index >= 15 is 0 Å². The minimum Gasteiger partial charge on any atom is -0.477 e. The number of carboxylic acid groups (broad SMARTS) is 1. The molecule has 0 saturated carbocycles. The number of carbonyl (C=O) groups is 1. The largest absolute Gasteiger partial charge is 0.477 e. The molecular formula is C22H23NO4. The monoisotopic (exact) mass is 365 g/mol. The van der Waals surface area contributed by atoms with Gasteiger partial charge in [-0.2, -0.15) is 0 Å². The van der Waals surface area contributed by atoms with E-state index in [2.05, 4.69) is 39.8 Å². The van der Waals surface area contributed by atoms with Crippen LogP contribution < -0.4 is 5.43 Å². The normalized spacial score (nSPS) is 16.2. The maximum Gasteiger partial charge on any atom is 0.341 e. The van der Waals surface area contributed by atoms with Gasteiger partial charge in [0, 0.05) is 29.3 Å². The third-order valence-corrected chi connectivity index (χ3v) is 5.54. The molecule has 0 saturated heterocycles. The van der Waals surface area contributed by atoms with Crippen LogP contribution in [0.2, 0.25) is 0 Å². The summed E-state index contributed by atoms with van der Waals surface area (Å²) in [4.78, 5) is 23.9. The number of rotatable bonds is 2. The Bertz CT molecular complexity index is 1130. The third-order valence-electron chi connectivity index (χ3n) is 5.54. The average Bonchev–Trinajstić information content (AvgIpc) is 2.97. The van der Waals surface area contributed by atoms with Crippen LogP contribution in [0.4, 0.5) is 0 Å². The lowest BCUT2D eigenvalue weighted by Crippen LogP contribution is -2.32. The SMILES string of the molecule is CCc1ccc2c3c(oc2c1)-c1cc(=O)c(C(=O)O)cn1C(C(C)(C)C)C3. The Kier molecular flexibility index (Phi) is 3.81. The molecule has 0 aliphatic carbocycles. The van der Waals surface area contributed by atoms with Gasteiger partial charge in [0.05, 0.1) is 5.69 Å². The van der Waals surface area contributed by atoms with E-state index in [1.54, 1.807) is 0 Å². The van der Waals surface area contributed by atoms with Crippen LogP contribution >= 0.6 is 0 Å². The Morgan fingerprint density at radius 1 is 1.30 bits per heavy atom. The average molecular weight is 365 g/mol. The molecule has 1 atom stereocenters. The number of pyridine rings is 1. The van der Waals surface area contributed by atoms with Gasteiger partial charge < -0.3 is 14.1 Å². The lowest BCUT2D eigenvalue weighted by atomic mass is 9.79. The Hall–Kier alpha value is -2.82. The first-order chi connectivity index (χ1) is 12.7. The first-order valence-electron chi connectivity index (χ1n) is 9.25. The smallest absolute Gasteiger partial charge is 0.341 e. The molecular weight excluding hydrogens is 342 g/mol. The van der Waals surface area contributed by atoms with Crippen LogP contribution in [0.5, 0.6) is 0 Å². The van der Waals surface area contributed by atoms with E-state index in [0.29, 0.717) is 11.5 Å². The van der Waals surface area contributed by atoms with Gasteiger partial charge in [-0.25, -0.2) is 4.79 Å². The number of fused-ring (bicyclic) bond motifs is 5. The summed E-state index contributed by atoms with van der Waals surface area (Å²) in [5.41, 5.74) is 2.93. The number of carboxylic acids is 1. The second-order valence-electron chi connectivity index (χ2n) is 8.33. The molecule has 1 aliphatic rings. The highest BCUT2D eigenvalue weighted by molar-refractivity contribution is 5.90. The van der Waals surface area contributed by atoms with E-state index in [-0.39, 0.29) is 17.0 Å². The fourth-order valence-electron chi connectivity index (χ4n) is 3.99. The summed E-state index contributed by atoms with van der Waals surface area (Å²) < 4.78 is 8.08. The summed E-state index contributed by atoms with van der Waals surface area (Å²) in [5.74, 6) is -0.529. The van der Waals surface area contributed by atoms with Gasteiger partial charge in [0.1, 0.15) is 11.1 Å². The molecule has 2 aromatic heterocycles. The second-order valence-corrected chi connectivity index (χ2v) is 8.33. The predicted octanol–water partition coefficient (Wildman–Crippen LogP) is 4.67. The van der Waals surface area contributed by atoms with E-state index in [1.807, 2.05) is 10.6 Å². The van der Waals surface area contributed by atoms with Crippen molar-refractivity contribution in [3.63, 3.8) is 0 Å². The fourth-order valence-corrected chi connectivity index (χ4v) is 3.99. The van der Waals surface area contributed by atoms with Gasteiger partial charge in [-0.1, -0.05) is 39.8 Å². The Balaban J connectivity index is 2.04. The maximum atomic E-state index is 12.4. The number of aromatic nitrogens is 1. The van der Waals surface area contributed by atoms with Crippen molar-refractivity contribution in [3.05, 3.63) is 57.4 Å². The van der Waals surface area contributed by atoms with Gasteiger partial charge in [-0.05, 0) is 29.9 Å². The summed E-state index contributed by atoms with van der Waals surface area (Å²) in [6.07, 6.45) is 3.12. The van der Waals surface area contributed by atoms with Crippen molar-refractivity contribution in [1.29, 1.82) is 0 Å². The van der Waals surface area contributed by atoms with Crippen LogP contribution in [-0.2, 0) is 12.8 Å². The molecule has 140 valence electrons. The first kappa shape index (κ1) is 17.6. The molecule has 5 nitrogen and oxygen atoms in total. The molecule has 1 aliphatic heterocycles. The summed E-state index contributed by atoms with van der Waals surface area (Å²) >= 11 is 0. The lowest BCUT2D eigenvalue weighted by Gasteiger charge is -2.37. The number of nitrogens with zero attached hydrogens (tertiary/aromatic N) is 1. The number of hydrogen-bond donors (Lipinski definition) is 1. The zero-order valence-electron chi connectivity index (χ0n) is 16.0. The van der Waals surface area contributed by atoms with E-state index in [0.717, 1.165) is 29.4 Å². The van der Waals surface area contributed by atoms with Gasteiger partial charge in [-0.3, -0.25) is 4.79 Å². The topological polar surface area (TPSA) is 72.4 Å². The standard InChI is InChI=1S/C22H23NO4/c1-5-12-6-7-13-14-9-19(22(2,3)4)23-11-15(21(25)26)17(24)10-16(23)20(14)27-18(13)8-12/h6-8,10-11,19H,5,9H2,1-4H3,(H,25,26). The molecule has 27 heavy (non-hydrogen) atoms. The minimum atomic E-state index is -1.20. The van der Waals surface area contributed by atoms with Crippen LogP contribution in [0.1, 0.15) is 55.2 Å². The highest BCUT2D eigenvalue weighted by atomic mass is 16.4. The van der Waals surface area contributed by atoms with Crippen molar-refractivity contribution in [2.75, 3.05) is 0 Å². The van der Waals surface area contributed by atoms with Crippen molar-refractivity contribution < 1.29 is 14.3 Å². The van der Waals surface area contributed by atoms with Crippen LogP contribution in [0.15, 0.2) is 39.7 Å². The third kappa shape index (κ3) is 2.69. The van der Waals surface area contributed by atoms with Gasteiger partial charge in [-0.15, -0.1) is 0 Å². The molecule has 0 fully saturated rings. The summed E-state index contributed by atoms with van der Waals surface area (Å²) in [6, 6.07) is 7.68. The minimum absolute atomic E-state index is 0.0188. The number of furan rings is 1. The summed E-state index contributed by atoms with van der Waals surface area (Å²) in [5, 5.41) is 10.5. The molecule has 1 N–H and O–H groups in total. The number of aryl methyl sites for hydroxylation is 1. The number of benzene rings is 1. The van der Waals surface area contributed by atoms with E-state index in [4.69, 9.17) is 4.42 Å². The van der Waals surface area contributed by atoms with Crippen molar-refractivity contribution in [2.45, 2.75) is 46.6 Å². The van der Waals surface area contributed by atoms with Gasteiger partial charge in [0.2, 0.25) is 0 Å². The van der Waals surface area contributed by atoms with Crippen LogP contribution in [0.3, 0.4) is 0 Å². The van der Waals surface area contributed by atoms with E-state index in [1.165, 1.54) is 17.8 Å². The molecule has 0 bridgehead atoms. The van der Waals surface area contributed by atoms with Crippen LogP contribution in [0.25, 0.3) is 22.4 Å². The zero-order chi connectivity index (χ0) is 19.5. The molecule has 3 aromatic rings. The van der Waals surface area contributed by atoms with Gasteiger partial charge in [0.25, 0.3) is 0 Å². The zero-order valence-corrected chi connectivity index (χ0v) is 16.0. The molecule has 0 amide bonds. The number of hydrogen-bond acceptors (Lipinski definition) is 3. The van der Waals surface area contributed by atoms with Crippen molar-refractivity contribution in [3.8, 4) is 11.5 Å². The fraction of sp³-hybridized carbons (Fsp3) is 0.364. The maximum absolute atomic E-state index is 12.4. The second kappa shape index (κ2) is 5.84. The van der Waals surface area contributed by atoms with Crippen molar-refractivity contribution in [1.82, 2.24) is 4.57 Å². The summed E-state index contributed by atoms with van der Waals surface area (Å²) in [7, 11) is 0. The van der Waals surface area contributed by atoms with Crippen molar-refractivity contribution >= 4 is 16.9 Å². The van der Waals surface area contributed by atoms with E-state index < -0.39 is 11.4 Å². The van der Waals surface area contributed by atoms with Gasteiger partial charge >= 0.3 is 5.97 Å². The molecule has 0 radical (unpaired) electrons. The molecule has 5 heteroatoms. The van der Waals surface area contributed by atoms with Crippen molar-refractivity contribution in [2.24, 2.45) is 5.41 Å². The molecule has 1 unspecified atom stereocenters. The molecule has 3 heterocycles. The van der Waals surface area contributed by atoms with Crippen LogP contribution in [-0.4, -0.2) is 15.6 Å². The number of aromatic carboxylic acids is 1. The molecule has 0 spiro atoms. The quantitative estimate of drug-likeness (QED) is 0.716. The summed E-state index contributed by atoms with van der Waals surface area (Å²) in [6.45, 7) is 8.48. The van der Waals surface area contributed by atoms with Crippen LogP contribution in [0, 0.1) is 5.41 Å². The highest BCUT2D eigenvalue weighted by Gasteiger charge is 2.36. The predicted molar refractivity (Wildman–Crippen MR) is 104 cm³/mol. The molecule has 1 aromatic carbocycles. The van der Waals surface area contributed by atoms with Gasteiger partial charge in [0.15, 0.2) is 11.2 Å².